The van der Waals surface area contributed by atoms with Crippen LogP contribution in [0.2, 0.25) is 0 Å². The molecule has 1 aliphatic heterocycles. The van der Waals surface area contributed by atoms with Gasteiger partial charge in [0.15, 0.2) is 0 Å². The Morgan fingerprint density at radius 3 is 2.56 bits per heavy atom. The molecule has 1 aliphatic rings. The van der Waals surface area contributed by atoms with Gasteiger partial charge in [-0.3, -0.25) is 0 Å². The van der Waals surface area contributed by atoms with Crippen molar-refractivity contribution in [3.05, 3.63) is 0 Å². The summed E-state index contributed by atoms with van der Waals surface area (Å²) in [6.45, 7) is 5.08. The first kappa shape index (κ1) is 13.9. The van der Waals surface area contributed by atoms with Gasteiger partial charge in [-0.25, -0.2) is 12.8 Å². The smallest absolute Gasteiger partial charge is 0.211 e. The number of piperidine rings is 1. The Labute approximate surface area is 97.3 Å². The highest BCUT2D eigenvalue weighted by Gasteiger charge is 2.32. The Kier molecular flexibility index (Phi) is 4.70. The molecule has 16 heavy (non-hydrogen) atoms. The molecule has 0 bridgehead atoms. The van der Waals surface area contributed by atoms with Crippen molar-refractivity contribution in [2.45, 2.75) is 32.5 Å². The number of halogens is 1. The number of hydrogen-bond acceptors (Lipinski definition) is 3. The van der Waals surface area contributed by atoms with Crippen LogP contribution in [-0.2, 0) is 10.0 Å². The summed E-state index contributed by atoms with van der Waals surface area (Å²) in [4.78, 5) is 0. The molecular formula is C10H21FN2O2S. The summed E-state index contributed by atoms with van der Waals surface area (Å²) in [7, 11) is -3.24. The van der Waals surface area contributed by atoms with Gasteiger partial charge in [0.2, 0.25) is 10.0 Å². The first-order chi connectivity index (χ1) is 7.30. The zero-order valence-electron chi connectivity index (χ0n) is 10.1. The van der Waals surface area contributed by atoms with Gasteiger partial charge in [-0.15, -0.1) is 0 Å². The molecule has 0 amide bonds. The molecule has 0 aromatic rings. The fourth-order valence-electron chi connectivity index (χ4n) is 1.84. The second kappa shape index (κ2) is 5.42. The Hall–Kier alpha value is -0.200. The van der Waals surface area contributed by atoms with Crippen molar-refractivity contribution in [1.29, 1.82) is 0 Å². The zero-order valence-corrected chi connectivity index (χ0v) is 10.9. The van der Waals surface area contributed by atoms with Crippen LogP contribution >= 0.6 is 0 Å². The molecule has 1 heterocycles. The quantitative estimate of drug-likeness (QED) is 0.797. The lowest BCUT2D eigenvalue weighted by atomic mass is 9.96. The topological polar surface area (TPSA) is 49.4 Å². The first-order valence-electron chi connectivity index (χ1n) is 5.63. The van der Waals surface area contributed by atoms with E-state index in [1.165, 1.54) is 4.31 Å². The normalized spacial score (nSPS) is 28.6. The van der Waals surface area contributed by atoms with E-state index >= 15 is 0 Å². The third kappa shape index (κ3) is 3.99. The molecule has 2 unspecified atom stereocenters. The Balaban J connectivity index is 2.46. The molecule has 0 saturated carbocycles. The molecule has 1 rings (SSSR count). The summed E-state index contributed by atoms with van der Waals surface area (Å²) in [6.07, 6.45) is 0.662. The molecule has 0 aliphatic carbocycles. The van der Waals surface area contributed by atoms with Crippen LogP contribution in [0, 0.1) is 5.92 Å². The number of nitrogens with zero attached hydrogens (tertiary/aromatic N) is 1. The van der Waals surface area contributed by atoms with Crippen molar-refractivity contribution >= 4 is 10.0 Å². The number of sulfonamides is 1. The lowest BCUT2D eigenvalue weighted by Gasteiger charge is -2.33. The lowest BCUT2D eigenvalue weighted by molar-refractivity contribution is 0.130. The van der Waals surface area contributed by atoms with Crippen LogP contribution in [0.4, 0.5) is 4.39 Å². The van der Waals surface area contributed by atoms with Gasteiger partial charge in [-0.05, 0) is 6.42 Å². The van der Waals surface area contributed by atoms with Crippen molar-refractivity contribution in [1.82, 2.24) is 9.62 Å². The van der Waals surface area contributed by atoms with Gasteiger partial charge < -0.3 is 5.32 Å². The average molecular weight is 252 g/mol. The first-order valence-corrected chi connectivity index (χ1v) is 7.48. The molecule has 2 atom stereocenters. The van der Waals surface area contributed by atoms with Gasteiger partial charge in [0.1, 0.15) is 6.17 Å². The monoisotopic (exact) mass is 252 g/mol. The average Bonchev–Trinajstić information content (AvgIpc) is 2.14. The van der Waals surface area contributed by atoms with E-state index in [1.807, 2.05) is 13.8 Å². The summed E-state index contributed by atoms with van der Waals surface area (Å²) in [5.41, 5.74) is 0. The van der Waals surface area contributed by atoms with E-state index in [0.717, 1.165) is 6.26 Å². The maximum Gasteiger partial charge on any atom is 0.211 e. The number of rotatable bonds is 4. The van der Waals surface area contributed by atoms with E-state index in [0.29, 0.717) is 25.6 Å². The summed E-state index contributed by atoms with van der Waals surface area (Å²) in [6, 6.07) is 0.333. The third-order valence-corrected chi connectivity index (χ3v) is 4.17. The standard InChI is InChI=1S/C10H21FN2O2S/c1-8(2)12-6-9-4-5-13(7-10(9)11)16(3,14)15/h8-10,12H,4-7H2,1-3H3. The molecule has 4 nitrogen and oxygen atoms in total. The Morgan fingerprint density at radius 2 is 2.12 bits per heavy atom. The molecule has 0 radical (unpaired) electrons. The van der Waals surface area contributed by atoms with Gasteiger partial charge in [0, 0.05) is 31.6 Å². The summed E-state index contributed by atoms with van der Waals surface area (Å²) in [5.74, 6) is -0.0691. The van der Waals surface area contributed by atoms with Crippen molar-refractivity contribution < 1.29 is 12.8 Å². The minimum atomic E-state index is -3.24. The lowest BCUT2D eigenvalue weighted by Crippen LogP contribution is -2.47. The molecule has 0 aromatic heterocycles. The molecule has 1 fully saturated rings. The van der Waals surface area contributed by atoms with E-state index in [9.17, 15) is 12.8 Å². The van der Waals surface area contributed by atoms with Gasteiger partial charge >= 0.3 is 0 Å². The van der Waals surface area contributed by atoms with E-state index in [2.05, 4.69) is 5.32 Å². The van der Waals surface area contributed by atoms with Gasteiger partial charge in [0.05, 0.1) is 6.26 Å². The van der Waals surface area contributed by atoms with Crippen molar-refractivity contribution in [2.24, 2.45) is 5.92 Å². The van der Waals surface area contributed by atoms with Gasteiger partial charge in [-0.2, -0.15) is 4.31 Å². The second-order valence-electron chi connectivity index (χ2n) is 4.75. The van der Waals surface area contributed by atoms with E-state index in [4.69, 9.17) is 0 Å². The third-order valence-electron chi connectivity index (χ3n) is 2.90. The van der Waals surface area contributed by atoms with Crippen molar-refractivity contribution in [3.8, 4) is 0 Å². The zero-order chi connectivity index (χ0) is 12.3. The SMILES string of the molecule is CC(C)NCC1CCN(S(C)(=O)=O)CC1F. The van der Waals surface area contributed by atoms with E-state index in [1.54, 1.807) is 0 Å². The second-order valence-corrected chi connectivity index (χ2v) is 6.73. The number of hydrogen-bond donors (Lipinski definition) is 1. The van der Waals surface area contributed by atoms with Crippen LogP contribution in [0.5, 0.6) is 0 Å². The minimum absolute atomic E-state index is 0.00325. The maximum absolute atomic E-state index is 13.7. The van der Waals surface area contributed by atoms with Crippen molar-refractivity contribution in [3.63, 3.8) is 0 Å². The molecule has 0 spiro atoms. The van der Waals surface area contributed by atoms with Crippen LogP contribution in [0.25, 0.3) is 0 Å². The number of nitrogens with one attached hydrogen (secondary N) is 1. The molecule has 96 valence electrons. The van der Waals surface area contributed by atoms with E-state index < -0.39 is 16.2 Å². The highest BCUT2D eigenvalue weighted by Crippen LogP contribution is 2.21. The molecule has 6 heteroatoms. The highest BCUT2D eigenvalue weighted by atomic mass is 32.2. The highest BCUT2D eigenvalue weighted by molar-refractivity contribution is 7.88. The summed E-state index contributed by atoms with van der Waals surface area (Å²) >= 11 is 0. The molecule has 1 saturated heterocycles. The Morgan fingerprint density at radius 1 is 1.50 bits per heavy atom. The predicted molar refractivity (Wildman–Crippen MR) is 62.6 cm³/mol. The van der Waals surface area contributed by atoms with Crippen LogP contribution in [0.3, 0.4) is 0 Å². The predicted octanol–water partition coefficient (Wildman–Crippen LogP) is 0.604. The molecule has 0 aromatic carbocycles. The maximum atomic E-state index is 13.7. The summed E-state index contributed by atoms with van der Waals surface area (Å²) < 4.78 is 37.5. The van der Waals surface area contributed by atoms with Crippen LogP contribution in [-0.4, -0.2) is 50.8 Å². The molecule has 1 N–H and O–H groups in total. The van der Waals surface area contributed by atoms with E-state index in [-0.39, 0.29) is 12.5 Å². The Bertz CT molecular complexity index is 319. The number of alkyl halides is 1. The van der Waals surface area contributed by atoms with Gasteiger partial charge in [-0.1, -0.05) is 13.8 Å². The fourth-order valence-corrected chi connectivity index (χ4v) is 2.69. The minimum Gasteiger partial charge on any atom is -0.314 e. The summed E-state index contributed by atoms with van der Waals surface area (Å²) in [5, 5.41) is 3.19. The van der Waals surface area contributed by atoms with Crippen LogP contribution in [0.15, 0.2) is 0 Å². The van der Waals surface area contributed by atoms with Crippen LogP contribution in [0.1, 0.15) is 20.3 Å². The van der Waals surface area contributed by atoms with Crippen LogP contribution < -0.4 is 5.32 Å². The van der Waals surface area contributed by atoms with Gasteiger partial charge in [0.25, 0.3) is 0 Å². The molecular weight excluding hydrogens is 231 g/mol. The fraction of sp³-hybridized carbons (Fsp3) is 1.00. The largest absolute Gasteiger partial charge is 0.314 e. The van der Waals surface area contributed by atoms with Crippen molar-refractivity contribution in [2.75, 3.05) is 25.9 Å².